The summed E-state index contributed by atoms with van der Waals surface area (Å²) in [5, 5.41) is 11.0. The van der Waals surface area contributed by atoms with E-state index in [0.29, 0.717) is 5.89 Å². The van der Waals surface area contributed by atoms with E-state index in [1.54, 1.807) is 0 Å². The van der Waals surface area contributed by atoms with Crippen molar-refractivity contribution in [2.45, 2.75) is 6.04 Å². The number of benzene rings is 2. The summed E-state index contributed by atoms with van der Waals surface area (Å²) in [5.74, 6) is 1.27. The molecule has 0 radical (unpaired) electrons. The van der Waals surface area contributed by atoms with Crippen LogP contribution >= 0.6 is 12.4 Å². The van der Waals surface area contributed by atoms with Crippen LogP contribution in [0.1, 0.15) is 11.9 Å². The molecule has 3 aromatic rings. The zero-order valence-electron chi connectivity index (χ0n) is 14.6. The Morgan fingerprint density at radius 3 is 2.73 bits per heavy atom. The number of piperazine rings is 1. The zero-order chi connectivity index (χ0) is 17.1. The van der Waals surface area contributed by atoms with Crippen LogP contribution in [0, 0.1) is 0 Å². The van der Waals surface area contributed by atoms with Crippen LogP contribution in [-0.4, -0.2) is 41.7 Å². The maximum atomic E-state index is 5.51. The average molecular weight is 372 g/mol. The minimum absolute atomic E-state index is 0. The Labute approximate surface area is 159 Å². The molecule has 7 heteroatoms. The molecule has 2 heterocycles. The number of anilines is 2. The minimum Gasteiger partial charge on any atom is -0.356 e. The van der Waals surface area contributed by atoms with Gasteiger partial charge in [-0.3, -0.25) is 4.90 Å². The first-order valence-electron chi connectivity index (χ1n) is 8.47. The Balaban J connectivity index is 0.00000196. The molecular formula is C19H22ClN5O. The first kappa shape index (κ1) is 18.4. The maximum absolute atomic E-state index is 5.51. The van der Waals surface area contributed by atoms with E-state index in [4.69, 9.17) is 4.52 Å². The first-order chi connectivity index (χ1) is 12.3. The molecule has 1 saturated heterocycles. The van der Waals surface area contributed by atoms with Crippen molar-refractivity contribution >= 4 is 23.8 Å². The van der Waals surface area contributed by atoms with Gasteiger partial charge in [-0.25, -0.2) is 0 Å². The summed E-state index contributed by atoms with van der Waals surface area (Å²) in [7, 11) is 2.09. The van der Waals surface area contributed by atoms with Crippen molar-refractivity contribution in [1.29, 1.82) is 0 Å². The van der Waals surface area contributed by atoms with Crippen LogP contribution in [-0.2, 0) is 0 Å². The molecule has 1 aromatic heterocycles. The molecule has 1 unspecified atom stereocenters. The zero-order valence-corrected chi connectivity index (χ0v) is 15.4. The third-order valence-electron chi connectivity index (χ3n) is 4.42. The van der Waals surface area contributed by atoms with Crippen LogP contribution < -0.4 is 10.6 Å². The van der Waals surface area contributed by atoms with Crippen LogP contribution in [0.2, 0.25) is 0 Å². The van der Waals surface area contributed by atoms with E-state index in [1.807, 2.05) is 54.6 Å². The number of hydrogen-bond donors (Lipinski definition) is 2. The van der Waals surface area contributed by atoms with Gasteiger partial charge in [0.2, 0.25) is 0 Å². The number of likely N-dealkylation sites (N-methyl/N-ethyl adjacent to an activating group) is 1. The van der Waals surface area contributed by atoms with Crippen molar-refractivity contribution in [3.8, 4) is 11.5 Å². The Kier molecular flexibility index (Phi) is 5.88. The van der Waals surface area contributed by atoms with Gasteiger partial charge < -0.3 is 15.2 Å². The lowest BCUT2D eigenvalue weighted by molar-refractivity contribution is 0.190. The molecular weight excluding hydrogens is 350 g/mol. The van der Waals surface area contributed by atoms with Crippen molar-refractivity contribution in [3.63, 3.8) is 0 Å². The van der Waals surface area contributed by atoms with Crippen molar-refractivity contribution in [1.82, 2.24) is 20.4 Å². The van der Waals surface area contributed by atoms with Crippen LogP contribution in [0.15, 0.2) is 59.1 Å². The molecule has 6 nitrogen and oxygen atoms in total. The van der Waals surface area contributed by atoms with Crippen LogP contribution in [0.3, 0.4) is 0 Å². The first-order valence-corrected chi connectivity index (χ1v) is 8.47. The summed E-state index contributed by atoms with van der Waals surface area (Å²) in [5.41, 5.74) is 2.94. The summed E-state index contributed by atoms with van der Waals surface area (Å²) in [4.78, 5) is 6.86. The highest BCUT2D eigenvalue weighted by atomic mass is 35.5. The van der Waals surface area contributed by atoms with Gasteiger partial charge in [-0.2, -0.15) is 4.98 Å². The van der Waals surface area contributed by atoms with Crippen molar-refractivity contribution in [2.75, 3.05) is 32.0 Å². The van der Waals surface area contributed by atoms with E-state index in [2.05, 4.69) is 32.7 Å². The third-order valence-corrected chi connectivity index (χ3v) is 4.42. The number of aromatic nitrogens is 2. The van der Waals surface area contributed by atoms with Crippen LogP contribution in [0.5, 0.6) is 0 Å². The number of nitrogens with zero attached hydrogens (tertiary/aromatic N) is 3. The van der Waals surface area contributed by atoms with E-state index in [-0.39, 0.29) is 18.4 Å². The number of halogens is 1. The molecule has 1 aliphatic heterocycles. The van der Waals surface area contributed by atoms with Gasteiger partial charge >= 0.3 is 0 Å². The maximum Gasteiger partial charge on any atom is 0.258 e. The molecule has 0 saturated carbocycles. The van der Waals surface area contributed by atoms with E-state index < -0.39 is 0 Å². The lowest BCUT2D eigenvalue weighted by atomic mass is 10.2. The fourth-order valence-electron chi connectivity index (χ4n) is 3.00. The Morgan fingerprint density at radius 2 is 1.92 bits per heavy atom. The molecule has 2 N–H and O–H groups in total. The molecule has 1 fully saturated rings. The Hall–Kier alpha value is -2.41. The highest BCUT2D eigenvalue weighted by Gasteiger charge is 2.25. The fraction of sp³-hybridized carbons (Fsp3) is 0.263. The van der Waals surface area contributed by atoms with Gasteiger partial charge in [0.25, 0.3) is 5.89 Å². The highest BCUT2D eigenvalue weighted by molar-refractivity contribution is 5.85. The van der Waals surface area contributed by atoms with Gasteiger partial charge in [0.15, 0.2) is 5.82 Å². The summed E-state index contributed by atoms with van der Waals surface area (Å²) >= 11 is 0. The van der Waals surface area contributed by atoms with Gasteiger partial charge in [0.05, 0.1) is 6.04 Å². The standard InChI is InChI=1S/C19H21N5O.ClH/c1-24-11-10-20-13-17(24)18-22-19(25-23-18)14-6-5-9-16(12-14)21-15-7-3-2-4-8-15;/h2-9,12,17,20-21H,10-11,13H2,1H3;1H. The van der Waals surface area contributed by atoms with Gasteiger partial charge in [-0.1, -0.05) is 29.4 Å². The summed E-state index contributed by atoms with van der Waals surface area (Å²) < 4.78 is 5.51. The number of nitrogens with one attached hydrogen (secondary N) is 2. The Bertz CT molecular complexity index is 839. The quantitative estimate of drug-likeness (QED) is 0.732. The van der Waals surface area contributed by atoms with Crippen LogP contribution in [0.25, 0.3) is 11.5 Å². The van der Waals surface area contributed by atoms with Crippen molar-refractivity contribution in [3.05, 3.63) is 60.4 Å². The predicted molar refractivity (Wildman–Crippen MR) is 105 cm³/mol. The van der Waals surface area contributed by atoms with Crippen molar-refractivity contribution in [2.24, 2.45) is 0 Å². The molecule has 1 atom stereocenters. The van der Waals surface area contributed by atoms with Gasteiger partial charge in [0.1, 0.15) is 0 Å². The topological polar surface area (TPSA) is 66.2 Å². The van der Waals surface area contributed by atoms with Crippen molar-refractivity contribution < 1.29 is 4.52 Å². The minimum atomic E-state index is 0. The molecule has 0 amide bonds. The molecule has 0 spiro atoms. The summed E-state index contributed by atoms with van der Waals surface area (Å²) in [6.45, 7) is 2.81. The number of hydrogen-bond acceptors (Lipinski definition) is 6. The fourth-order valence-corrected chi connectivity index (χ4v) is 3.00. The van der Waals surface area contributed by atoms with E-state index >= 15 is 0 Å². The lowest BCUT2D eigenvalue weighted by Crippen LogP contribution is -2.44. The summed E-state index contributed by atoms with van der Waals surface area (Å²) in [6, 6.07) is 18.2. The normalized spacial score (nSPS) is 17.5. The molecule has 4 rings (SSSR count). The van der Waals surface area contributed by atoms with Gasteiger partial charge in [-0.05, 0) is 37.4 Å². The van der Waals surface area contributed by atoms with Gasteiger partial charge in [-0.15, -0.1) is 12.4 Å². The number of para-hydroxylation sites is 1. The molecule has 26 heavy (non-hydrogen) atoms. The van der Waals surface area contributed by atoms with Crippen LogP contribution in [0.4, 0.5) is 11.4 Å². The van der Waals surface area contributed by atoms with E-state index in [9.17, 15) is 0 Å². The summed E-state index contributed by atoms with van der Waals surface area (Å²) in [6.07, 6.45) is 0. The van der Waals surface area contributed by atoms with E-state index in [0.717, 1.165) is 42.4 Å². The Morgan fingerprint density at radius 1 is 1.12 bits per heavy atom. The molecule has 136 valence electrons. The van der Waals surface area contributed by atoms with Gasteiger partial charge in [0, 0.05) is 36.6 Å². The smallest absolute Gasteiger partial charge is 0.258 e. The van der Waals surface area contributed by atoms with E-state index in [1.165, 1.54) is 0 Å². The third kappa shape index (κ3) is 4.04. The number of rotatable bonds is 4. The second-order valence-corrected chi connectivity index (χ2v) is 6.23. The lowest BCUT2D eigenvalue weighted by Gasteiger charge is -2.30. The molecule has 1 aliphatic rings. The highest BCUT2D eigenvalue weighted by Crippen LogP contribution is 2.26. The molecule has 0 aliphatic carbocycles. The molecule has 2 aromatic carbocycles. The largest absolute Gasteiger partial charge is 0.356 e. The second kappa shape index (κ2) is 8.31. The monoisotopic (exact) mass is 371 g/mol. The average Bonchev–Trinajstić information content (AvgIpc) is 3.13. The SMILES string of the molecule is CN1CCNCC1c1noc(-c2cccc(Nc3ccccc3)c2)n1.Cl. The second-order valence-electron chi connectivity index (χ2n) is 6.23. The predicted octanol–water partition coefficient (Wildman–Crippen LogP) is 3.48. The molecule has 0 bridgehead atoms.